The van der Waals surface area contributed by atoms with Gasteiger partial charge in [-0.15, -0.1) is 0 Å². The molecule has 0 radical (unpaired) electrons. The average Bonchev–Trinajstić information content (AvgIpc) is 2.35. The van der Waals surface area contributed by atoms with Crippen molar-refractivity contribution in [2.45, 2.75) is 6.92 Å². The Bertz CT molecular complexity index is 385. The molecular formula is C13H19FN2O2. The van der Waals surface area contributed by atoms with E-state index in [0.29, 0.717) is 25.4 Å². The van der Waals surface area contributed by atoms with Gasteiger partial charge in [-0.2, -0.15) is 0 Å². The smallest absolute Gasteiger partial charge is 0.236 e. The molecule has 0 aromatic heterocycles. The Hall–Kier alpha value is -1.62. The van der Waals surface area contributed by atoms with Crippen LogP contribution < -0.4 is 10.1 Å². The fourth-order valence-electron chi connectivity index (χ4n) is 1.35. The number of halogens is 1. The lowest BCUT2D eigenvalue weighted by Gasteiger charge is -2.17. The number of hydrogen-bond acceptors (Lipinski definition) is 3. The van der Waals surface area contributed by atoms with Gasteiger partial charge < -0.3 is 15.0 Å². The molecule has 0 spiro atoms. The Labute approximate surface area is 107 Å². The maximum absolute atomic E-state index is 12.9. The normalized spacial score (nSPS) is 10.2. The van der Waals surface area contributed by atoms with Crippen LogP contribution in [0.4, 0.5) is 4.39 Å². The summed E-state index contributed by atoms with van der Waals surface area (Å²) >= 11 is 0. The highest BCUT2D eigenvalue weighted by Gasteiger charge is 2.07. The van der Waals surface area contributed by atoms with Gasteiger partial charge in [-0.25, -0.2) is 4.39 Å². The summed E-state index contributed by atoms with van der Waals surface area (Å²) in [6.45, 7) is 3.85. The number of nitrogens with one attached hydrogen (secondary N) is 1. The van der Waals surface area contributed by atoms with Gasteiger partial charge in [0.25, 0.3) is 0 Å². The molecule has 1 amide bonds. The van der Waals surface area contributed by atoms with Gasteiger partial charge in [0.2, 0.25) is 5.91 Å². The van der Waals surface area contributed by atoms with Crippen LogP contribution in [0.25, 0.3) is 0 Å². The van der Waals surface area contributed by atoms with Gasteiger partial charge in [-0.05, 0) is 18.7 Å². The minimum atomic E-state index is -0.330. The van der Waals surface area contributed by atoms with Gasteiger partial charge in [0.1, 0.15) is 18.2 Å². The Balaban J connectivity index is 2.26. The summed E-state index contributed by atoms with van der Waals surface area (Å²) in [5, 5.41) is 2.96. The van der Waals surface area contributed by atoms with E-state index in [0.717, 1.165) is 6.54 Å². The fraction of sp³-hybridized carbons (Fsp3) is 0.462. The standard InChI is InChI=1S/C13H19FN2O2/c1-3-15-10-13(17)16(2)7-8-18-12-6-4-5-11(14)9-12/h4-6,9,15H,3,7-8,10H2,1-2H3. The van der Waals surface area contributed by atoms with Crippen LogP contribution in [0.15, 0.2) is 24.3 Å². The van der Waals surface area contributed by atoms with Crippen LogP contribution in [0.1, 0.15) is 6.92 Å². The van der Waals surface area contributed by atoms with Crippen molar-refractivity contribution in [1.82, 2.24) is 10.2 Å². The van der Waals surface area contributed by atoms with E-state index < -0.39 is 0 Å². The molecule has 1 rings (SSSR count). The molecule has 4 nitrogen and oxygen atoms in total. The monoisotopic (exact) mass is 254 g/mol. The first-order chi connectivity index (χ1) is 8.63. The summed E-state index contributed by atoms with van der Waals surface area (Å²) < 4.78 is 18.2. The first kappa shape index (κ1) is 14.4. The molecule has 0 aliphatic rings. The van der Waals surface area contributed by atoms with Crippen LogP contribution in [-0.2, 0) is 4.79 Å². The number of benzene rings is 1. The summed E-state index contributed by atoms with van der Waals surface area (Å²) in [4.78, 5) is 13.1. The molecule has 0 saturated carbocycles. The maximum Gasteiger partial charge on any atom is 0.236 e. The van der Waals surface area contributed by atoms with E-state index in [1.807, 2.05) is 6.92 Å². The van der Waals surface area contributed by atoms with Crippen molar-refractivity contribution in [2.24, 2.45) is 0 Å². The zero-order valence-corrected chi connectivity index (χ0v) is 10.8. The lowest BCUT2D eigenvalue weighted by molar-refractivity contribution is -0.129. The first-order valence-corrected chi connectivity index (χ1v) is 5.96. The number of hydrogen-bond donors (Lipinski definition) is 1. The second kappa shape index (κ2) is 7.66. The van der Waals surface area contributed by atoms with Gasteiger partial charge >= 0.3 is 0 Å². The molecule has 0 unspecified atom stereocenters. The molecule has 0 atom stereocenters. The number of amides is 1. The molecule has 1 aromatic rings. The van der Waals surface area contributed by atoms with Crippen LogP contribution in [0.2, 0.25) is 0 Å². The molecule has 1 N–H and O–H groups in total. The Morgan fingerprint density at radius 2 is 2.28 bits per heavy atom. The molecule has 0 fully saturated rings. The molecule has 0 saturated heterocycles. The zero-order valence-electron chi connectivity index (χ0n) is 10.8. The third kappa shape index (κ3) is 5.14. The SMILES string of the molecule is CCNCC(=O)N(C)CCOc1cccc(F)c1. The van der Waals surface area contributed by atoms with Crippen LogP contribution in [0.5, 0.6) is 5.75 Å². The van der Waals surface area contributed by atoms with E-state index in [2.05, 4.69) is 5.32 Å². The lowest BCUT2D eigenvalue weighted by atomic mass is 10.3. The van der Waals surface area contributed by atoms with Crippen molar-refractivity contribution >= 4 is 5.91 Å². The summed E-state index contributed by atoms with van der Waals surface area (Å²) in [6, 6.07) is 5.95. The second-order valence-corrected chi connectivity index (χ2v) is 3.90. The third-order valence-electron chi connectivity index (χ3n) is 2.44. The Kier molecular flexibility index (Phi) is 6.14. The molecule has 18 heavy (non-hydrogen) atoms. The maximum atomic E-state index is 12.9. The number of rotatable bonds is 7. The molecule has 0 heterocycles. The molecular weight excluding hydrogens is 235 g/mol. The van der Waals surface area contributed by atoms with Crippen molar-refractivity contribution < 1.29 is 13.9 Å². The largest absolute Gasteiger partial charge is 0.492 e. The highest BCUT2D eigenvalue weighted by molar-refractivity contribution is 5.77. The van der Waals surface area contributed by atoms with Gasteiger partial charge in [-0.3, -0.25) is 4.79 Å². The van der Waals surface area contributed by atoms with E-state index in [9.17, 15) is 9.18 Å². The molecule has 0 aliphatic heterocycles. The van der Waals surface area contributed by atoms with Crippen LogP contribution in [-0.4, -0.2) is 44.1 Å². The summed E-state index contributed by atoms with van der Waals surface area (Å²) in [6.07, 6.45) is 0. The predicted molar refractivity (Wildman–Crippen MR) is 68.1 cm³/mol. The van der Waals surface area contributed by atoms with E-state index in [4.69, 9.17) is 4.74 Å². The van der Waals surface area contributed by atoms with Crippen molar-refractivity contribution in [1.29, 1.82) is 0 Å². The van der Waals surface area contributed by atoms with Crippen molar-refractivity contribution in [3.05, 3.63) is 30.1 Å². The lowest BCUT2D eigenvalue weighted by Crippen LogP contribution is -2.37. The van der Waals surface area contributed by atoms with Crippen molar-refractivity contribution in [2.75, 3.05) is 33.3 Å². The van der Waals surface area contributed by atoms with Crippen LogP contribution in [0, 0.1) is 5.82 Å². The average molecular weight is 254 g/mol. The minimum absolute atomic E-state index is 0.0136. The Morgan fingerprint density at radius 3 is 2.94 bits per heavy atom. The van der Waals surface area contributed by atoms with Gasteiger partial charge in [0.15, 0.2) is 0 Å². The fourth-order valence-corrected chi connectivity index (χ4v) is 1.35. The number of nitrogens with zero attached hydrogens (tertiary/aromatic N) is 1. The van der Waals surface area contributed by atoms with Crippen LogP contribution >= 0.6 is 0 Å². The molecule has 0 bridgehead atoms. The predicted octanol–water partition coefficient (Wildman–Crippen LogP) is 1.27. The minimum Gasteiger partial charge on any atom is -0.492 e. The quantitative estimate of drug-likeness (QED) is 0.797. The molecule has 100 valence electrons. The van der Waals surface area contributed by atoms with Gasteiger partial charge in [0, 0.05) is 13.1 Å². The summed E-state index contributed by atoms with van der Waals surface area (Å²) in [5.41, 5.74) is 0. The number of carbonyl (C=O) groups is 1. The van der Waals surface area contributed by atoms with Crippen LogP contribution in [0.3, 0.4) is 0 Å². The second-order valence-electron chi connectivity index (χ2n) is 3.90. The molecule has 1 aromatic carbocycles. The van der Waals surface area contributed by atoms with Gasteiger partial charge in [-0.1, -0.05) is 13.0 Å². The summed E-state index contributed by atoms with van der Waals surface area (Å²) in [7, 11) is 1.72. The van der Waals surface area contributed by atoms with Gasteiger partial charge in [0.05, 0.1) is 13.1 Å². The van der Waals surface area contributed by atoms with E-state index in [1.165, 1.54) is 12.1 Å². The number of carbonyl (C=O) groups excluding carboxylic acids is 1. The third-order valence-corrected chi connectivity index (χ3v) is 2.44. The van der Waals surface area contributed by atoms with E-state index in [-0.39, 0.29) is 11.7 Å². The Morgan fingerprint density at radius 1 is 1.50 bits per heavy atom. The van der Waals surface area contributed by atoms with E-state index in [1.54, 1.807) is 24.1 Å². The highest BCUT2D eigenvalue weighted by Crippen LogP contribution is 2.11. The number of likely N-dealkylation sites (N-methyl/N-ethyl adjacent to an activating group) is 2. The topological polar surface area (TPSA) is 41.6 Å². The number of ether oxygens (including phenoxy) is 1. The van der Waals surface area contributed by atoms with E-state index >= 15 is 0 Å². The molecule has 0 aliphatic carbocycles. The van der Waals surface area contributed by atoms with Crippen molar-refractivity contribution in [3.8, 4) is 5.75 Å². The summed E-state index contributed by atoms with van der Waals surface area (Å²) in [5.74, 6) is 0.159. The molecule has 5 heteroatoms. The highest BCUT2D eigenvalue weighted by atomic mass is 19.1. The van der Waals surface area contributed by atoms with Crippen molar-refractivity contribution in [3.63, 3.8) is 0 Å². The zero-order chi connectivity index (χ0) is 13.4. The first-order valence-electron chi connectivity index (χ1n) is 5.96.